The lowest BCUT2D eigenvalue weighted by Gasteiger charge is -2.36. The van der Waals surface area contributed by atoms with E-state index in [1.165, 1.54) is 18.2 Å². The van der Waals surface area contributed by atoms with Gasteiger partial charge in [-0.05, 0) is 44.2 Å². The third-order valence-corrected chi connectivity index (χ3v) is 5.54. The summed E-state index contributed by atoms with van der Waals surface area (Å²) in [6.07, 6.45) is 3.45. The summed E-state index contributed by atoms with van der Waals surface area (Å²) in [7, 11) is 0. The lowest BCUT2D eigenvalue weighted by atomic mass is 10.1. The number of aryl methyl sites for hydroxylation is 1. The lowest BCUT2D eigenvalue weighted by Crippen LogP contribution is -2.49. The summed E-state index contributed by atoms with van der Waals surface area (Å²) in [5.41, 5.74) is 2.76. The first-order valence-corrected chi connectivity index (χ1v) is 10.1. The minimum Gasteiger partial charge on any atom is -0.353 e. The molecule has 1 amide bonds. The number of hydrogen-bond acceptors (Lipinski definition) is 5. The number of nitrogens with zero attached hydrogens (tertiary/aromatic N) is 5. The standard InChI is InChI=1S/C22H21ClFN5O/c1-14-15(2)26-20(16-4-3-7-25-13-16)27-21(14)28-8-10-29(11-9-28)22(30)18-12-17(23)5-6-19(18)24/h3-7,12-13H,8-11H2,1-2H3. The second-order valence-corrected chi connectivity index (χ2v) is 7.66. The predicted molar refractivity (Wildman–Crippen MR) is 114 cm³/mol. The van der Waals surface area contributed by atoms with Crippen LogP contribution in [-0.4, -0.2) is 51.9 Å². The van der Waals surface area contributed by atoms with Gasteiger partial charge in [-0.3, -0.25) is 9.78 Å². The summed E-state index contributed by atoms with van der Waals surface area (Å²) in [5.74, 6) is 0.569. The number of benzene rings is 1. The quantitative estimate of drug-likeness (QED) is 0.636. The molecule has 0 spiro atoms. The molecule has 0 unspecified atom stereocenters. The normalized spacial score (nSPS) is 14.1. The molecule has 1 aliphatic heterocycles. The molecule has 0 bridgehead atoms. The molecule has 0 N–H and O–H groups in total. The van der Waals surface area contributed by atoms with Gasteiger partial charge >= 0.3 is 0 Å². The first-order chi connectivity index (χ1) is 14.4. The number of aromatic nitrogens is 3. The first kappa shape index (κ1) is 20.2. The van der Waals surface area contributed by atoms with Crippen molar-refractivity contribution in [3.05, 3.63) is 70.4 Å². The average molecular weight is 426 g/mol. The maximum Gasteiger partial charge on any atom is 0.257 e. The van der Waals surface area contributed by atoms with Crippen LogP contribution in [0.4, 0.5) is 10.2 Å². The number of halogens is 2. The number of pyridine rings is 1. The highest BCUT2D eigenvalue weighted by molar-refractivity contribution is 6.31. The van der Waals surface area contributed by atoms with Crippen LogP contribution in [0.1, 0.15) is 21.6 Å². The second kappa shape index (κ2) is 8.36. The van der Waals surface area contributed by atoms with E-state index in [0.29, 0.717) is 37.0 Å². The van der Waals surface area contributed by atoms with Crippen molar-refractivity contribution in [1.82, 2.24) is 19.9 Å². The monoisotopic (exact) mass is 425 g/mol. The molecule has 0 radical (unpaired) electrons. The Labute approximate surface area is 179 Å². The number of carbonyl (C=O) groups excluding carboxylic acids is 1. The van der Waals surface area contributed by atoms with Gasteiger partial charge in [0.05, 0.1) is 5.56 Å². The topological polar surface area (TPSA) is 62.2 Å². The van der Waals surface area contributed by atoms with Crippen LogP contribution < -0.4 is 4.90 Å². The highest BCUT2D eigenvalue weighted by atomic mass is 35.5. The molecule has 1 aliphatic rings. The SMILES string of the molecule is Cc1nc(-c2cccnc2)nc(N2CCN(C(=O)c3cc(Cl)ccc3F)CC2)c1C. The van der Waals surface area contributed by atoms with Gasteiger partial charge in [0.1, 0.15) is 11.6 Å². The lowest BCUT2D eigenvalue weighted by molar-refractivity contribution is 0.0741. The molecular weight excluding hydrogens is 405 g/mol. The third kappa shape index (κ3) is 3.98. The van der Waals surface area contributed by atoms with Gasteiger partial charge in [0.2, 0.25) is 0 Å². The van der Waals surface area contributed by atoms with E-state index < -0.39 is 5.82 Å². The highest BCUT2D eigenvalue weighted by Crippen LogP contribution is 2.25. The van der Waals surface area contributed by atoms with Gasteiger partial charge < -0.3 is 9.80 Å². The maximum absolute atomic E-state index is 14.1. The van der Waals surface area contributed by atoms with Crippen LogP contribution in [0.5, 0.6) is 0 Å². The van der Waals surface area contributed by atoms with Crippen molar-refractivity contribution in [2.75, 3.05) is 31.1 Å². The van der Waals surface area contributed by atoms with Gasteiger partial charge in [-0.25, -0.2) is 14.4 Å². The Kier molecular flexibility index (Phi) is 5.63. The fourth-order valence-corrected chi connectivity index (χ4v) is 3.67. The van der Waals surface area contributed by atoms with E-state index in [2.05, 4.69) is 14.9 Å². The molecule has 0 aliphatic carbocycles. The van der Waals surface area contributed by atoms with E-state index in [9.17, 15) is 9.18 Å². The zero-order chi connectivity index (χ0) is 21.3. The van der Waals surface area contributed by atoms with Crippen molar-refractivity contribution in [1.29, 1.82) is 0 Å². The molecule has 8 heteroatoms. The first-order valence-electron chi connectivity index (χ1n) is 9.69. The van der Waals surface area contributed by atoms with Gasteiger partial charge in [-0.1, -0.05) is 11.6 Å². The van der Waals surface area contributed by atoms with Crippen LogP contribution in [0.25, 0.3) is 11.4 Å². The molecule has 1 fully saturated rings. The van der Waals surface area contributed by atoms with Crippen LogP contribution in [-0.2, 0) is 0 Å². The Balaban J connectivity index is 1.54. The summed E-state index contributed by atoms with van der Waals surface area (Å²) >= 11 is 5.94. The van der Waals surface area contributed by atoms with E-state index >= 15 is 0 Å². The Morgan fingerprint density at radius 3 is 2.57 bits per heavy atom. The van der Waals surface area contributed by atoms with Gasteiger partial charge in [0.25, 0.3) is 5.91 Å². The van der Waals surface area contributed by atoms with Gasteiger partial charge in [-0.15, -0.1) is 0 Å². The van der Waals surface area contributed by atoms with Gasteiger partial charge in [0, 0.05) is 60.4 Å². The fourth-order valence-electron chi connectivity index (χ4n) is 3.50. The Morgan fingerprint density at radius 1 is 1.10 bits per heavy atom. The minimum atomic E-state index is -0.560. The molecule has 1 saturated heterocycles. The van der Waals surface area contributed by atoms with Crippen LogP contribution in [0.3, 0.4) is 0 Å². The number of hydrogen-bond donors (Lipinski definition) is 0. The fraction of sp³-hybridized carbons (Fsp3) is 0.273. The van der Waals surface area contributed by atoms with E-state index in [1.807, 2.05) is 26.0 Å². The molecule has 1 aromatic carbocycles. The zero-order valence-electron chi connectivity index (χ0n) is 16.8. The molecular formula is C22H21ClFN5O. The van der Waals surface area contributed by atoms with Gasteiger partial charge in [0.15, 0.2) is 5.82 Å². The summed E-state index contributed by atoms with van der Waals surface area (Å²) < 4.78 is 14.1. The number of amides is 1. The molecule has 154 valence electrons. The van der Waals surface area contributed by atoms with Crippen molar-refractivity contribution in [3.8, 4) is 11.4 Å². The molecule has 6 nitrogen and oxygen atoms in total. The van der Waals surface area contributed by atoms with E-state index in [4.69, 9.17) is 16.6 Å². The van der Waals surface area contributed by atoms with E-state index in [1.54, 1.807) is 17.3 Å². The van der Waals surface area contributed by atoms with Crippen molar-refractivity contribution in [2.24, 2.45) is 0 Å². The molecule has 30 heavy (non-hydrogen) atoms. The molecule has 3 heterocycles. The molecule has 0 saturated carbocycles. The predicted octanol–water partition coefficient (Wildman–Crippen LogP) is 3.91. The number of piperazine rings is 1. The van der Waals surface area contributed by atoms with Crippen LogP contribution >= 0.6 is 11.6 Å². The summed E-state index contributed by atoms with van der Waals surface area (Å²) in [4.78, 5) is 30.1. The van der Waals surface area contributed by atoms with Crippen LogP contribution in [0, 0.1) is 19.7 Å². The molecule has 4 rings (SSSR count). The smallest absolute Gasteiger partial charge is 0.257 e. The largest absolute Gasteiger partial charge is 0.353 e. The van der Waals surface area contributed by atoms with Crippen molar-refractivity contribution < 1.29 is 9.18 Å². The Morgan fingerprint density at radius 2 is 1.87 bits per heavy atom. The van der Waals surface area contributed by atoms with Gasteiger partial charge in [-0.2, -0.15) is 0 Å². The summed E-state index contributed by atoms with van der Waals surface area (Å²) in [6.45, 7) is 6.08. The number of carbonyl (C=O) groups is 1. The van der Waals surface area contributed by atoms with Crippen molar-refractivity contribution in [2.45, 2.75) is 13.8 Å². The van der Waals surface area contributed by atoms with E-state index in [0.717, 1.165) is 22.6 Å². The summed E-state index contributed by atoms with van der Waals surface area (Å²) in [5, 5.41) is 0.341. The Bertz CT molecular complexity index is 1080. The van der Waals surface area contributed by atoms with Crippen LogP contribution in [0.2, 0.25) is 5.02 Å². The summed E-state index contributed by atoms with van der Waals surface area (Å²) in [6, 6.07) is 7.82. The molecule has 3 aromatic rings. The Hall–Kier alpha value is -3.06. The number of anilines is 1. The second-order valence-electron chi connectivity index (χ2n) is 7.23. The average Bonchev–Trinajstić information content (AvgIpc) is 2.77. The van der Waals surface area contributed by atoms with Crippen molar-refractivity contribution >= 4 is 23.3 Å². The maximum atomic E-state index is 14.1. The molecule has 0 atom stereocenters. The molecule has 2 aromatic heterocycles. The third-order valence-electron chi connectivity index (χ3n) is 5.31. The highest BCUT2D eigenvalue weighted by Gasteiger charge is 2.26. The zero-order valence-corrected chi connectivity index (χ0v) is 17.5. The van der Waals surface area contributed by atoms with Crippen LogP contribution in [0.15, 0.2) is 42.7 Å². The number of rotatable bonds is 3. The minimum absolute atomic E-state index is 0.00359. The van der Waals surface area contributed by atoms with Crippen molar-refractivity contribution in [3.63, 3.8) is 0 Å². The van der Waals surface area contributed by atoms with E-state index in [-0.39, 0.29) is 11.5 Å².